The van der Waals surface area contributed by atoms with Gasteiger partial charge in [-0.05, 0) is 18.6 Å². The Morgan fingerprint density at radius 1 is 1.15 bits per heavy atom. The molecule has 2 rings (SSSR count). The highest BCUT2D eigenvalue weighted by Gasteiger charge is 2.04. The molecule has 5 nitrogen and oxygen atoms in total. The number of hydrogen-bond donors (Lipinski definition) is 2. The van der Waals surface area contributed by atoms with Crippen molar-refractivity contribution >= 4 is 5.95 Å². The first-order chi connectivity index (χ1) is 9.90. The van der Waals surface area contributed by atoms with Gasteiger partial charge in [0.05, 0.1) is 0 Å². The van der Waals surface area contributed by atoms with Crippen molar-refractivity contribution in [1.29, 1.82) is 0 Å². The van der Waals surface area contributed by atoms with E-state index in [1.54, 1.807) is 12.4 Å². The van der Waals surface area contributed by atoms with Crippen molar-refractivity contribution in [1.82, 2.24) is 20.2 Å². The molecule has 108 valence electrons. The largest absolute Gasteiger partial charge is 0.353 e. The van der Waals surface area contributed by atoms with Gasteiger partial charge in [0.25, 0.3) is 0 Å². The van der Waals surface area contributed by atoms with Gasteiger partial charge in [-0.3, -0.25) is 10.1 Å². The van der Waals surface area contributed by atoms with Crippen LogP contribution in [-0.2, 0) is 0 Å². The summed E-state index contributed by atoms with van der Waals surface area (Å²) >= 11 is 0. The summed E-state index contributed by atoms with van der Waals surface area (Å²) in [5.74, 6) is 1.42. The fourth-order valence-corrected chi connectivity index (χ4v) is 2.08. The number of aromatic nitrogens is 4. The third-order valence-corrected chi connectivity index (χ3v) is 3.23. The molecule has 2 aromatic heterocycles. The molecule has 20 heavy (non-hydrogen) atoms. The second-order valence-electron chi connectivity index (χ2n) is 4.94. The molecule has 0 radical (unpaired) electrons. The van der Waals surface area contributed by atoms with Crippen LogP contribution in [0.25, 0.3) is 11.4 Å². The molecule has 5 heteroatoms. The number of H-pyrrole nitrogens is 1. The Balaban J connectivity index is 1.69. The minimum atomic E-state index is 0.664. The monoisotopic (exact) mass is 273 g/mol. The molecule has 2 N–H and O–H groups in total. The summed E-state index contributed by atoms with van der Waals surface area (Å²) in [6.07, 6.45) is 11.3. The van der Waals surface area contributed by atoms with Crippen LogP contribution in [0.3, 0.4) is 0 Å². The molecular weight excluding hydrogens is 250 g/mol. The second-order valence-corrected chi connectivity index (χ2v) is 4.94. The van der Waals surface area contributed by atoms with Crippen molar-refractivity contribution in [2.24, 2.45) is 0 Å². The minimum Gasteiger partial charge on any atom is -0.353 e. The first-order valence-electron chi connectivity index (χ1n) is 7.47. The molecule has 0 aliphatic rings. The Morgan fingerprint density at radius 2 is 2.00 bits per heavy atom. The van der Waals surface area contributed by atoms with E-state index in [0.717, 1.165) is 17.9 Å². The van der Waals surface area contributed by atoms with Crippen molar-refractivity contribution in [2.45, 2.75) is 45.4 Å². The van der Waals surface area contributed by atoms with Crippen LogP contribution >= 0.6 is 0 Å². The molecule has 0 bridgehead atoms. The average molecular weight is 273 g/mol. The minimum absolute atomic E-state index is 0.664. The average Bonchev–Trinajstić information content (AvgIpc) is 2.96. The lowest BCUT2D eigenvalue weighted by molar-refractivity contribution is 0.616. The van der Waals surface area contributed by atoms with E-state index < -0.39 is 0 Å². The molecule has 0 amide bonds. The van der Waals surface area contributed by atoms with Crippen LogP contribution in [0.4, 0.5) is 5.95 Å². The van der Waals surface area contributed by atoms with Gasteiger partial charge in [0.1, 0.15) is 0 Å². The molecular formula is C15H23N5. The zero-order chi connectivity index (χ0) is 14.0. The Labute approximate surface area is 120 Å². The lowest BCUT2D eigenvalue weighted by Crippen LogP contribution is -2.02. The highest BCUT2D eigenvalue weighted by Crippen LogP contribution is 2.13. The number of unbranched alkanes of at least 4 members (excludes halogenated alkanes) is 5. The fourth-order valence-electron chi connectivity index (χ4n) is 2.08. The fraction of sp³-hybridized carbons (Fsp3) is 0.533. The van der Waals surface area contributed by atoms with Gasteiger partial charge in [-0.15, -0.1) is 5.10 Å². The molecule has 0 unspecified atom stereocenters. The molecule has 0 saturated heterocycles. The number of rotatable bonds is 9. The molecule has 0 aliphatic carbocycles. The molecule has 0 saturated carbocycles. The van der Waals surface area contributed by atoms with Crippen LogP contribution in [0, 0.1) is 0 Å². The summed E-state index contributed by atoms with van der Waals surface area (Å²) in [4.78, 5) is 8.48. The summed E-state index contributed by atoms with van der Waals surface area (Å²) in [5, 5.41) is 10.3. The summed E-state index contributed by atoms with van der Waals surface area (Å²) in [6, 6.07) is 3.85. The van der Waals surface area contributed by atoms with Gasteiger partial charge in [-0.2, -0.15) is 4.98 Å². The molecule has 0 spiro atoms. The summed E-state index contributed by atoms with van der Waals surface area (Å²) in [7, 11) is 0. The first-order valence-corrected chi connectivity index (χ1v) is 7.47. The van der Waals surface area contributed by atoms with Crippen LogP contribution < -0.4 is 5.32 Å². The normalized spacial score (nSPS) is 10.7. The van der Waals surface area contributed by atoms with Gasteiger partial charge in [-0.1, -0.05) is 39.0 Å². The van der Waals surface area contributed by atoms with E-state index in [2.05, 4.69) is 32.4 Å². The van der Waals surface area contributed by atoms with Crippen molar-refractivity contribution in [3.8, 4) is 11.4 Å². The topological polar surface area (TPSA) is 66.5 Å². The molecule has 0 fully saturated rings. The number of aromatic amines is 1. The van der Waals surface area contributed by atoms with E-state index in [4.69, 9.17) is 0 Å². The Bertz CT molecular complexity index is 480. The van der Waals surface area contributed by atoms with Gasteiger partial charge in [0.15, 0.2) is 5.82 Å². The highest BCUT2D eigenvalue weighted by atomic mass is 15.3. The quantitative estimate of drug-likeness (QED) is 0.684. The standard InChI is InChI=1S/C15H23N5/c1-2-3-4-5-6-7-11-17-15-18-14(19-20-15)13-9-8-10-16-12-13/h8-10,12H,2-7,11H2,1H3,(H2,17,18,19,20). The van der Waals surface area contributed by atoms with Gasteiger partial charge >= 0.3 is 0 Å². The smallest absolute Gasteiger partial charge is 0.242 e. The van der Waals surface area contributed by atoms with E-state index in [-0.39, 0.29) is 0 Å². The molecule has 0 aliphatic heterocycles. The van der Waals surface area contributed by atoms with E-state index in [1.165, 1.54) is 38.5 Å². The van der Waals surface area contributed by atoms with Gasteiger partial charge in [0, 0.05) is 24.5 Å². The lowest BCUT2D eigenvalue weighted by atomic mass is 10.1. The maximum Gasteiger partial charge on any atom is 0.242 e. The zero-order valence-corrected chi connectivity index (χ0v) is 12.1. The predicted molar refractivity (Wildman–Crippen MR) is 81.5 cm³/mol. The van der Waals surface area contributed by atoms with Crippen molar-refractivity contribution in [3.05, 3.63) is 24.5 Å². The molecule has 2 aromatic rings. The van der Waals surface area contributed by atoms with Gasteiger partial charge in [-0.25, -0.2) is 0 Å². The van der Waals surface area contributed by atoms with E-state index >= 15 is 0 Å². The van der Waals surface area contributed by atoms with E-state index in [9.17, 15) is 0 Å². The van der Waals surface area contributed by atoms with Gasteiger partial charge in [0.2, 0.25) is 5.95 Å². The van der Waals surface area contributed by atoms with Crippen molar-refractivity contribution < 1.29 is 0 Å². The first kappa shape index (κ1) is 14.5. The number of nitrogens with one attached hydrogen (secondary N) is 2. The Hall–Kier alpha value is -1.91. The summed E-state index contributed by atoms with van der Waals surface area (Å²) in [6.45, 7) is 3.17. The number of hydrogen-bond acceptors (Lipinski definition) is 4. The van der Waals surface area contributed by atoms with Crippen LogP contribution in [0.15, 0.2) is 24.5 Å². The number of anilines is 1. The highest BCUT2D eigenvalue weighted by molar-refractivity contribution is 5.54. The van der Waals surface area contributed by atoms with Crippen LogP contribution in [-0.4, -0.2) is 26.7 Å². The molecule has 2 heterocycles. The van der Waals surface area contributed by atoms with Crippen molar-refractivity contribution in [2.75, 3.05) is 11.9 Å². The Kier molecular flexibility index (Phi) is 6.02. The Morgan fingerprint density at radius 3 is 2.80 bits per heavy atom. The maximum absolute atomic E-state index is 4.41. The van der Waals surface area contributed by atoms with Crippen LogP contribution in [0.1, 0.15) is 45.4 Å². The van der Waals surface area contributed by atoms with Gasteiger partial charge < -0.3 is 5.32 Å². The number of nitrogens with zero attached hydrogens (tertiary/aromatic N) is 3. The second kappa shape index (κ2) is 8.30. The SMILES string of the molecule is CCCCCCCCNc1n[nH]c(-c2cccnc2)n1. The van der Waals surface area contributed by atoms with Crippen LogP contribution in [0.5, 0.6) is 0 Å². The summed E-state index contributed by atoms with van der Waals surface area (Å²) in [5.41, 5.74) is 0.951. The maximum atomic E-state index is 4.41. The number of pyridine rings is 1. The summed E-state index contributed by atoms with van der Waals surface area (Å²) < 4.78 is 0. The third kappa shape index (κ3) is 4.64. The van der Waals surface area contributed by atoms with E-state index in [1.807, 2.05) is 12.1 Å². The predicted octanol–water partition coefficient (Wildman–Crippen LogP) is 3.64. The lowest BCUT2D eigenvalue weighted by Gasteiger charge is -2.01. The molecule has 0 atom stereocenters. The van der Waals surface area contributed by atoms with Crippen LogP contribution in [0.2, 0.25) is 0 Å². The zero-order valence-electron chi connectivity index (χ0n) is 12.1. The van der Waals surface area contributed by atoms with E-state index in [0.29, 0.717) is 5.95 Å². The molecule has 0 aromatic carbocycles. The van der Waals surface area contributed by atoms with Crippen molar-refractivity contribution in [3.63, 3.8) is 0 Å². The third-order valence-electron chi connectivity index (χ3n) is 3.23.